The van der Waals surface area contributed by atoms with Gasteiger partial charge in [-0.3, -0.25) is 19.2 Å². The smallest absolute Gasteiger partial charge is 0.323 e. The van der Waals surface area contributed by atoms with Crippen molar-refractivity contribution < 1.29 is 28.4 Å². The molecule has 36 heavy (non-hydrogen) atoms. The van der Waals surface area contributed by atoms with Gasteiger partial charge in [-0.15, -0.1) is 0 Å². The monoisotopic (exact) mass is 525 g/mol. The van der Waals surface area contributed by atoms with Crippen molar-refractivity contribution in [2.75, 3.05) is 18.6 Å². The number of carbonyl (C=O) groups is 2. The van der Waals surface area contributed by atoms with Crippen molar-refractivity contribution in [3.63, 3.8) is 0 Å². The highest BCUT2D eigenvalue weighted by atomic mass is 31.2. The first kappa shape index (κ1) is 28.0. The predicted octanol–water partition coefficient (Wildman–Crippen LogP) is 1.97. The normalized spacial score (nSPS) is 17.4. The van der Waals surface area contributed by atoms with Gasteiger partial charge in [0.1, 0.15) is 30.3 Å². The number of fused-ring (bicyclic) bond motifs is 1. The molecular weight excluding hydrogens is 489 g/mol. The summed E-state index contributed by atoms with van der Waals surface area (Å²) in [5, 5.41) is 5.72. The lowest BCUT2D eigenvalue weighted by Crippen LogP contribution is -2.41. The largest absolute Gasteiger partial charge is 0.463 e. The van der Waals surface area contributed by atoms with Crippen molar-refractivity contribution in [1.82, 2.24) is 29.7 Å². The van der Waals surface area contributed by atoms with Crippen LogP contribution in [-0.2, 0) is 34.9 Å². The third-order valence-corrected chi connectivity index (χ3v) is 7.63. The number of nitrogen functional groups attached to an aromatic ring is 1. The fraction of sp³-hybridized carbons (Fsp3) is 0.682. The molecule has 13 nitrogen and oxygen atoms in total. The lowest BCUT2D eigenvalue weighted by Gasteiger charge is -2.29. The summed E-state index contributed by atoms with van der Waals surface area (Å²) in [6.07, 6.45) is 4.73. The highest BCUT2D eigenvalue weighted by Crippen LogP contribution is 2.37. The van der Waals surface area contributed by atoms with Crippen LogP contribution in [0.5, 0.6) is 0 Å². The van der Waals surface area contributed by atoms with Gasteiger partial charge in [-0.25, -0.2) is 20.0 Å². The number of ether oxygens (including phenoxy) is 3. The van der Waals surface area contributed by atoms with E-state index in [-0.39, 0.29) is 37.3 Å². The number of hydrogen-bond acceptors (Lipinski definition) is 10. The Morgan fingerprint density at radius 3 is 2.64 bits per heavy atom. The van der Waals surface area contributed by atoms with Crippen molar-refractivity contribution in [3.8, 4) is 0 Å². The number of anilines is 1. The zero-order chi connectivity index (χ0) is 26.3. The highest BCUT2D eigenvalue weighted by Gasteiger charge is 2.31. The average Bonchev–Trinajstić information content (AvgIpc) is 3.18. The quantitative estimate of drug-likeness (QED) is 0.242. The van der Waals surface area contributed by atoms with Crippen LogP contribution < -0.4 is 15.9 Å². The topological polar surface area (TPSA) is 173 Å². The maximum absolute atomic E-state index is 13.7. The van der Waals surface area contributed by atoms with Gasteiger partial charge in [0, 0.05) is 6.54 Å². The number of imidazole rings is 1. The SMILES string of the molecule is CC(C)OC(=O)CCNP(=O)(CO[C@H](C)Cn1cnc2c(N)ncnc21)N[C@@H](C)C(=O)OC1CCC1. The summed E-state index contributed by atoms with van der Waals surface area (Å²) < 4.78 is 31.9. The number of nitrogens with zero attached hydrogens (tertiary/aromatic N) is 4. The third kappa shape index (κ3) is 7.95. The Labute approximate surface area is 210 Å². The van der Waals surface area contributed by atoms with Crippen LogP contribution in [0.1, 0.15) is 53.4 Å². The minimum atomic E-state index is -3.45. The van der Waals surface area contributed by atoms with E-state index in [1.165, 1.54) is 6.33 Å². The molecule has 0 aliphatic heterocycles. The Bertz CT molecular complexity index is 1090. The number of carbonyl (C=O) groups excluding carboxylic acids is 2. The second kappa shape index (κ2) is 12.6. The molecule has 1 aliphatic rings. The van der Waals surface area contributed by atoms with E-state index in [2.05, 4.69) is 25.1 Å². The van der Waals surface area contributed by atoms with Crippen LogP contribution in [0.2, 0.25) is 0 Å². The van der Waals surface area contributed by atoms with Crippen molar-refractivity contribution >= 4 is 36.4 Å². The highest BCUT2D eigenvalue weighted by molar-refractivity contribution is 7.59. The Balaban J connectivity index is 1.60. The van der Waals surface area contributed by atoms with Gasteiger partial charge in [-0.2, -0.15) is 0 Å². The minimum absolute atomic E-state index is 0.0163. The molecule has 0 spiro atoms. The first-order valence-electron chi connectivity index (χ1n) is 12.1. The van der Waals surface area contributed by atoms with E-state index in [1.807, 2.05) is 6.92 Å². The zero-order valence-electron chi connectivity index (χ0n) is 21.2. The first-order valence-corrected chi connectivity index (χ1v) is 14.0. The fourth-order valence-electron chi connectivity index (χ4n) is 3.50. The van der Waals surface area contributed by atoms with Crippen LogP contribution in [0.4, 0.5) is 5.82 Å². The van der Waals surface area contributed by atoms with E-state index in [4.69, 9.17) is 19.9 Å². The van der Waals surface area contributed by atoms with Gasteiger partial charge in [-0.1, -0.05) is 0 Å². The van der Waals surface area contributed by atoms with E-state index in [9.17, 15) is 14.2 Å². The number of rotatable bonds is 14. The number of nitrogens with two attached hydrogens (primary N) is 1. The molecule has 3 atom stereocenters. The lowest BCUT2D eigenvalue weighted by molar-refractivity contribution is -0.154. The summed E-state index contributed by atoms with van der Waals surface area (Å²) in [5.74, 6) is -0.607. The van der Waals surface area contributed by atoms with E-state index >= 15 is 0 Å². The second-order valence-corrected chi connectivity index (χ2v) is 11.5. The van der Waals surface area contributed by atoms with Crippen molar-refractivity contribution in [3.05, 3.63) is 12.7 Å². The van der Waals surface area contributed by atoms with Crippen LogP contribution in [0.3, 0.4) is 0 Å². The van der Waals surface area contributed by atoms with Gasteiger partial charge >= 0.3 is 11.9 Å². The molecular formula is C22H36N7O6P. The number of hydrogen-bond donors (Lipinski definition) is 3. The molecule has 200 valence electrons. The average molecular weight is 526 g/mol. The summed E-state index contributed by atoms with van der Waals surface area (Å²) >= 11 is 0. The van der Waals surface area contributed by atoms with Gasteiger partial charge in [-0.05, 0) is 47.0 Å². The molecule has 0 amide bonds. The van der Waals surface area contributed by atoms with Crippen molar-refractivity contribution in [2.45, 2.75) is 84.3 Å². The summed E-state index contributed by atoms with van der Waals surface area (Å²) in [6, 6.07) is -0.831. The Morgan fingerprint density at radius 2 is 1.97 bits per heavy atom. The maximum atomic E-state index is 13.7. The fourth-order valence-corrected chi connectivity index (χ4v) is 5.43. The molecule has 2 heterocycles. The van der Waals surface area contributed by atoms with E-state index in [0.717, 1.165) is 19.3 Å². The summed E-state index contributed by atoms with van der Waals surface area (Å²) in [6.45, 7) is 7.37. The second-order valence-electron chi connectivity index (χ2n) is 9.21. The van der Waals surface area contributed by atoms with Gasteiger partial charge in [0.15, 0.2) is 11.5 Å². The molecule has 2 aromatic heterocycles. The molecule has 0 saturated heterocycles. The van der Waals surface area contributed by atoms with Crippen LogP contribution >= 0.6 is 7.44 Å². The molecule has 0 aromatic carbocycles. The first-order chi connectivity index (χ1) is 17.1. The predicted molar refractivity (Wildman–Crippen MR) is 133 cm³/mol. The Hall–Kier alpha value is -2.60. The maximum Gasteiger partial charge on any atom is 0.323 e. The molecule has 1 saturated carbocycles. The summed E-state index contributed by atoms with van der Waals surface area (Å²) in [7, 11) is -3.45. The standard InChI is InChI=1S/C22H36N7O6P/c1-14(2)34-18(30)8-9-27-36(32,28-16(4)22(31)35-17-6-5-7-17)13-33-15(3)10-29-12-26-19-20(23)24-11-25-21(19)29/h11-12,14-17H,5-10,13H2,1-4H3,(H2,23,24,25)(H2,27,28,32)/t15-,16+,36?/m1/s1. The van der Waals surface area contributed by atoms with Crippen LogP contribution in [0.25, 0.3) is 11.2 Å². The molecule has 14 heteroatoms. The van der Waals surface area contributed by atoms with E-state index in [0.29, 0.717) is 17.7 Å². The van der Waals surface area contributed by atoms with Crippen molar-refractivity contribution in [2.24, 2.45) is 0 Å². The number of esters is 2. The van der Waals surface area contributed by atoms with Gasteiger partial charge in [0.2, 0.25) is 7.44 Å². The number of aromatic nitrogens is 4. The molecule has 0 radical (unpaired) electrons. The molecule has 1 aliphatic carbocycles. The third-order valence-electron chi connectivity index (χ3n) is 5.58. The zero-order valence-corrected chi connectivity index (χ0v) is 22.1. The van der Waals surface area contributed by atoms with Gasteiger partial charge in [0.05, 0.1) is 31.5 Å². The minimum Gasteiger partial charge on any atom is -0.463 e. The molecule has 1 unspecified atom stereocenters. The van der Waals surface area contributed by atoms with Crippen LogP contribution in [0, 0.1) is 0 Å². The van der Waals surface area contributed by atoms with Crippen molar-refractivity contribution in [1.29, 1.82) is 0 Å². The Kier molecular flexibility index (Phi) is 9.77. The van der Waals surface area contributed by atoms with Crippen LogP contribution in [-0.4, -0.2) is 68.7 Å². The van der Waals surface area contributed by atoms with Crippen LogP contribution in [0.15, 0.2) is 12.7 Å². The van der Waals surface area contributed by atoms with Gasteiger partial charge in [0.25, 0.3) is 0 Å². The van der Waals surface area contributed by atoms with Gasteiger partial charge < -0.3 is 24.5 Å². The van der Waals surface area contributed by atoms with E-state index < -0.39 is 31.5 Å². The summed E-state index contributed by atoms with van der Waals surface area (Å²) in [5.41, 5.74) is 6.90. The lowest BCUT2D eigenvalue weighted by atomic mass is 9.96. The molecule has 2 aromatic rings. The molecule has 1 fully saturated rings. The molecule has 0 bridgehead atoms. The van der Waals surface area contributed by atoms with E-state index in [1.54, 1.807) is 31.7 Å². The molecule has 3 rings (SSSR count). The Morgan fingerprint density at radius 1 is 1.22 bits per heavy atom. The number of nitrogens with one attached hydrogen (secondary N) is 2. The summed E-state index contributed by atoms with van der Waals surface area (Å²) in [4.78, 5) is 36.7. The molecule has 4 N–H and O–H groups in total.